The largest absolute Gasteiger partial charge is 0.368 e. The molecule has 3 aromatic rings. The van der Waals surface area contributed by atoms with Crippen molar-refractivity contribution >= 4 is 17.5 Å². The Morgan fingerprint density at radius 3 is 2.57 bits per heavy atom. The lowest BCUT2D eigenvalue weighted by atomic mass is 10.2. The van der Waals surface area contributed by atoms with Gasteiger partial charge in [-0.3, -0.25) is 19.9 Å². The van der Waals surface area contributed by atoms with Crippen LogP contribution in [0.5, 0.6) is 0 Å². The Morgan fingerprint density at radius 2 is 1.96 bits per heavy atom. The van der Waals surface area contributed by atoms with Crippen LogP contribution in [0.2, 0.25) is 0 Å². The van der Waals surface area contributed by atoms with Crippen molar-refractivity contribution in [3.05, 3.63) is 64.5 Å². The summed E-state index contributed by atoms with van der Waals surface area (Å²) in [6, 6.07) is 8.61. The van der Waals surface area contributed by atoms with Gasteiger partial charge in [0.1, 0.15) is 0 Å². The van der Waals surface area contributed by atoms with E-state index in [9.17, 15) is 14.9 Å². The molecule has 2 N–H and O–H groups in total. The van der Waals surface area contributed by atoms with E-state index in [4.69, 9.17) is 5.73 Å². The number of nitrogens with zero attached hydrogens (tertiary/aromatic N) is 5. The summed E-state index contributed by atoms with van der Waals surface area (Å²) in [7, 11) is 0. The first-order chi connectivity index (χ1) is 11.1. The van der Waals surface area contributed by atoms with Crippen LogP contribution in [0.1, 0.15) is 10.4 Å². The van der Waals surface area contributed by atoms with Crippen molar-refractivity contribution in [1.29, 1.82) is 0 Å². The number of benzene rings is 1. The first-order valence-corrected chi connectivity index (χ1v) is 6.48. The molecule has 0 aliphatic heterocycles. The fourth-order valence-electron chi connectivity index (χ4n) is 1.94. The molecule has 0 aliphatic carbocycles. The highest BCUT2D eigenvalue weighted by Crippen LogP contribution is 2.17. The predicted octanol–water partition coefficient (Wildman–Crippen LogP) is 1.52. The lowest BCUT2D eigenvalue weighted by Gasteiger charge is -2.01. The molecule has 1 aromatic carbocycles. The van der Waals surface area contributed by atoms with Crippen molar-refractivity contribution in [3.63, 3.8) is 0 Å². The molecular formula is C14H10N6O3. The highest BCUT2D eigenvalue weighted by molar-refractivity contribution is 5.97. The number of carbonyl (C=O) groups excluding carboxylic acids is 1. The van der Waals surface area contributed by atoms with Crippen molar-refractivity contribution in [1.82, 2.24) is 19.7 Å². The number of rotatable bonds is 3. The third kappa shape index (κ3) is 2.75. The molecule has 0 saturated heterocycles. The smallest absolute Gasteiger partial charge is 0.281 e. The normalized spacial score (nSPS) is 10.4. The fraction of sp³-hybridized carbons (Fsp3) is 0. The molecule has 0 radical (unpaired) electrons. The molecule has 0 atom stereocenters. The van der Waals surface area contributed by atoms with Crippen molar-refractivity contribution in [2.45, 2.75) is 0 Å². The summed E-state index contributed by atoms with van der Waals surface area (Å²) in [6.45, 7) is 0. The number of nitrogens with two attached hydrogens (primary N) is 1. The Bertz CT molecular complexity index is 873. The summed E-state index contributed by atoms with van der Waals surface area (Å²) >= 11 is 0. The van der Waals surface area contributed by atoms with Crippen LogP contribution in [0.15, 0.2) is 48.8 Å². The highest BCUT2D eigenvalue weighted by Gasteiger charge is 2.17. The second-order valence-corrected chi connectivity index (χ2v) is 4.56. The standard InChI is InChI=1S/C14H10N6O3/c15-14-17-12(10-2-1-7-16-8-10)18-19(14)13(21)9-3-5-11(6-4-9)20(22)23/h1-8H,(H2,15,17,18). The van der Waals surface area contributed by atoms with Gasteiger partial charge in [0.15, 0.2) is 5.82 Å². The van der Waals surface area contributed by atoms with Gasteiger partial charge in [-0.15, -0.1) is 5.10 Å². The molecule has 0 fully saturated rings. The first kappa shape index (κ1) is 14.3. The number of nitro benzene ring substituents is 1. The van der Waals surface area contributed by atoms with Crippen molar-refractivity contribution in [2.75, 3.05) is 5.73 Å². The van der Waals surface area contributed by atoms with Gasteiger partial charge in [0.2, 0.25) is 5.95 Å². The van der Waals surface area contributed by atoms with Gasteiger partial charge >= 0.3 is 0 Å². The van der Waals surface area contributed by atoms with Crippen LogP contribution in [0, 0.1) is 10.1 Å². The Balaban J connectivity index is 1.94. The summed E-state index contributed by atoms with van der Waals surface area (Å²) < 4.78 is 0.948. The molecule has 0 saturated carbocycles. The first-order valence-electron chi connectivity index (χ1n) is 6.48. The fourth-order valence-corrected chi connectivity index (χ4v) is 1.94. The van der Waals surface area contributed by atoms with Crippen LogP contribution < -0.4 is 5.73 Å². The molecule has 23 heavy (non-hydrogen) atoms. The maximum Gasteiger partial charge on any atom is 0.281 e. The van der Waals surface area contributed by atoms with Crippen LogP contribution in [-0.4, -0.2) is 30.6 Å². The van der Waals surface area contributed by atoms with Gasteiger partial charge in [-0.1, -0.05) is 0 Å². The number of nitrogen functional groups attached to an aromatic ring is 1. The molecule has 0 aliphatic rings. The van der Waals surface area contributed by atoms with E-state index in [1.807, 2.05) is 0 Å². The number of pyridine rings is 1. The van der Waals surface area contributed by atoms with Crippen LogP contribution in [0.4, 0.5) is 11.6 Å². The Kier molecular flexibility index (Phi) is 3.51. The van der Waals surface area contributed by atoms with Gasteiger partial charge in [-0.25, -0.2) is 0 Å². The molecule has 0 unspecified atom stereocenters. The van der Waals surface area contributed by atoms with Crippen molar-refractivity contribution < 1.29 is 9.72 Å². The number of non-ortho nitro benzene ring substituents is 1. The van der Waals surface area contributed by atoms with E-state index in [2.05, 4.69) is 15.1 Å². The highest BCUT2D eigenvalue weighted by atomic mass is 16.6. The van der Waals surface area contributed by atoms with Crippen LogP contribution in [-0.2, 0) is 0 Å². The molecular weight excluding hydrogens is 300 g/mol. The number of hydrogen-bond donors (Lipinski definition) is 1. The van der Waals surface area contributed by atoms with Crippen LogP contribution in [0.25, 0.3) is 11.4 Å². The number of carbonyl (C=O) groups is 1. The zero-order valence-electron chi connectivity index (χ0n) is 11.7. The summed E-state index contributed by atoms with van der Waals surface area (Å²) in [5.41, 5.74) is 6.46. The van der Waals surface area contributed by atoms with E-state index < -0.39 is 10.8 Å². The molecule has 9 nitrogen and oxygen atoms in total. The van der Waals surface area contributed by atoms with E-state index >= 15 is 0 Å². The second kappa shape index (κ2) is 5.64. The average Bonchev–Trinajstić information content (AvgIpc) is 2.97. The number of anilines is 1. The summed E-state index contributed by atoms with van der Waals surface area (Å²) in [4.78, 5) is 30.5. The van der Waals surface area contributed by atoms with Crippen molar-refractivity contribution in [3.8, 4) is 11.4 Å². The molecule has 114 valence electrons. The third-order valence-corrected chi connectivity index (χ3v) is 3.07. The SMILES string of the molecule is Nc1nc(-c2cccnc2)nn1C(=O)c1ccc([N+](=O)[O-])cc1. The molecule has 2 aromatic heterocycles. The van der Waals surface area contributed by atoms with Crippen molar-refractivity contribution in [2.24, 2.45) is 0 Å². The van der Waals surface area contributed by atoms with Gasteiger partial charge in [-0.05, 0) is 24.3 Å². The summed E-state index contributed by atoms with van der Waals surface area (Å²) in [6.07, 6.45) is 3.15. The van der Waals surface area contributed by atoms with E-state index in [0.29, 0.717) is 5.56 Å². The van der Waals surface area contributed by atoms with Gasteiger partial charge in [0.25, 0.3) is 11.6 Å². The Morgan fingerprint density at radius 1 is 1.22 bits per heavy atom. The minimum absolute atomic E-state index is 0.0767. The second-order valence-electron chi connectivity index (χ2n) is 4.56. The molecule has 9 heteroatoms. The van der Waals surface area contributed by atoms with Gasteiger partial charge < -0.3 is 5.73 Å². The minimum atomic E-state index is -0.543. The third-order valence-electron chi connectivity index (χ3n) is 3.07. The molecule has 3 rings (SSSR count). The quantitative estimate of drug-likeness (QED) is 0.573. The zero-order chi connectivity index (χ0) is 16.4. The minimum Gasteiger partial charge on any atom is -0.368 e. The predicted molar refractivity (Wildman–Crippen MR) is 80.5 cm³/mol. The lowest BCUT2D eigenvalue weighted by Crippen LogP contribution is -2.16. The summed E-state index contributed by atoms with van der Waals surface area (Å²) in [5.74, 6) is -0.335. The van der Waals surface area contributed by atoms with E-state index in [1.165, 1.54) is 24.3 Å². The van der Waals surface area contributed by atoms with Gasteiger partial charge in [-0.2, -0.15) is 9.67 Å². The van der Waals surface area contributed by atoms with Gasteiger partial charge in [0, 0.05) is 35.7 Å². The van der Waals surface area contributed by atoms with Gasteiger partial charge in [0.05, 0.1) is 4.92 Å². The van der Waals surface area contributed by atoms with E-state index in [-0.39, 0.29) is 23.0 Å². The number of aromatic nitrogens is 4. The molecule has 0 spiro atoms. The van der Waals surface area contributed by atoms with Crippen LogP contribution in [0.3, 0.4) is 0 Å². The van der Waals surface area contributed by atoms with E-state index in [0.717, 1.165) is 4.68 Å². The Labute approximate surface area is 129 Å². The molecule has 0 bridgehead atoms. The molecule has 0 amide bonds. The monoisotopic (exact) mass is 310 g/mol. The topological polar surface area (TPSA) is 130 Å². The van der Waals surface area contributed by atoms with Crippen LogP contribution >= 0.6 is 0 Å². The summed E-state index contributed by atoms with van der Waals surface area (Å²) in [5, 5.41) is 14.7. The Hall–Kier alpha value is -3.62. The number of hydrogen-bond acceptors (Lipinski definition) is 7. The number of nitro groups is 1. The maximum absolute atomic E-state index is 12.4. The van der Waals surface area contributed by atoms with E-state index in [1.54, 1.807) is 24.5 Å². The zero-order valence-corrected chi connectivity index (χ0v) is 11.7. The lowest BCUT2D eigenvalue weighted by molar-refractivity contribution is -0.384. The molecule has 2 heterocycles. The average molecular weight is 310 g/mol. The maximum atomic E-state index is 12.4.